The van der Waals surface area contributed by atoms with Gasteiger partial charge >= 0.3 is 0 Å². The summed E-state index contributed by atoms with van der Waals surface area (Å²) in [5, 5.41) is 2.40. The highest BCUT2D eigenvalue weighted by Gasteiger charge is 2.20. The maximum Gasteiger partial charge on any atom is 0.230 e. The van der Waals surface area contributed by atoms with Gasteiger partial charge in [-0.25, -0.2) is 4.98 Å². The third-order valence-corrected chi connectivity index (χ3v) is 5.53. The number of aromatic nitrogens is 1. The second kappa shape index (κ2) is 9.50. The van der Waals surface area contributed by atoms with Crippen molar-refractivity contribution in [1.29, 1.82) is 0 Å². The zero-order chi connectivity index (χ0) is 21.7. The Kier molecular flexibility index (Phi) is 6.79. The molecular formula is C24H24N2O3S. The van der Waals surface area contributed by atoms with E-state index in [2.05, 4.69) is 4.98 Å². The lowest BCUT2D eigenvalue weighted by Crippen LogP contribution is -2.23. The van der Waals surface area contributed by atoms with Crippen molar-refractivity contribution >= 4 is 39.9 Å². The number of ether oxygens (including phenoxy) is 1. The highest BCUT2D eigenvalue weighted by molar-refractivity contribution is 7.14. The van der Waals surface area contributed by atoms with Crippen molar-refractivity contribution in [1.82, 2.24) is 4.98 Å². The number of benzene rings is 2. The van der Waals surface area contributed by atoms with Crippen LogP contribution in [0.2, 0.25) is 0 Å². The van der Waals surface area contributed by atoms with Crippen molar-refractivity contribution in [3.8, 4) is 5.75 Å². The van der Waals surface area contributed by atoms with Gasteiger partial charge in [0.1, 0.15) is 5.75 Å². The van der Waals surface area contributed by atoms with E-state index in [1.165, 1.54) is 24.3 Å². The van der Waals surface area contributed by atoms with Crippen LogP contribution in [0.3, 0.4) is 0 Å². The maximum absolute atomic E-state index is 12.6. The molecule has 0 radical (unpaired) electrons. The van der Waals surface area contributed by atoms with Crippen LogP contribution >= 0.6 is 11.3 Å². The third-order valence-electron chi connectivity index (χ3n) is 4.69. The molecule has 3 rings (SSSR count). The molecule has 1 amide bonds. The van der Waals surface area contributed by atoms with Gasteiger partial charge in [-0.1, -0.05) is 24.3 Å². The van der Waals surface area contributed by atoms with Crippen molar-refractivity contribution in [3.05, 3.63) is 76.3 Å². The van der Waals surface area contributed by atoms with Crippen molar-refractivity contribution < 1.29 is 14.3 Å². The van der Waals surface area contributed by atoms with Crippen molar-refractivity contribution in [3.63, 3.8) is 0 Å². The molecule has 0 atom stereocenters. The SMILES string of the molecule is CCOc1ccccc1C(=O)/C=C/c1csc(N(C(C)=O)c2cccc(C)c2C)n1. The number of rotatable bonds is 7. The summed E-state index contributed by atoms with van der Waals surface area (Å²) in [4.78, 5) is 31.1. The molecule has 0 aliphatic rings. The average molecular weight is 421 g/mol. The first-order valence-corrected chi connectivity index (χ1v) is 10.6. The molecule has 0 bridgehead atoms. The van der Waals surface area contributed by atoms with Crippen LogP contribution in [-0.4, -0.2) is 23.3 Å². The van der Waals surface area contributed by atoms with E-state index in [1.807, 2.05) is 50.4 Å². The van der Waals surface area contributed by atoms with Gasteiger partial charge in [-0.05, 0) is 62.2 Å². The first kappa shape index (κ1) is 21.5. The average Bonchev–Trinajstić information content (AvgIpc) is 3.18. The first-order chi connectivity index (χ1) is 14.4. The van der Waals surface area contributed by atoms with Gasteiger partial charge in [-0.2, -0.15) is 0 Å². The summed E-state index contributed by atoms with van der Waals surface area (Å²) in [6, 6.07) is 13.0. The first-order valence-electron chi connectivity index (χ1n) is 9.69. The highest BCUT2D eigenvalue weighted by Crippen LogP contribution is 2.32. The number of allylic oxidation sites excluding steroid dienone is 1. The summed E-state index contributed by atoms with van der Waals surface area (Å²) in [7, 11) is 0. The maximum atomic E-state index is 12.6. The number of aryl methyl sites for hydroxylation is 1. The minimum atomic E-state index is -0.161. The van der Waals surface area contributed by atoms with Crippen LogP contribution in [0.25, 0.3) is 6.08 Å². The molecule has 0 saturated heterocycles. The lowest BCUT2D eigenvalue weighted by atomic mass is 10.1. The molecule has 0 unspecified atom stereocenters. The van der Waals surface area contributed by atoms with Crippen LogP contribution in [0.1, 0.15) is 41.0 Å². The zero-order valence-electron chi connectivity index (χ0n) is 17.5. The van der Waals surface area contributed by atoms with E-state index in [0.717, 1.165) is 16.8 Å². The number of thiazole rings is 1. The monoisotopic (exact) mass is 420 g/mol. The van der Waals surface area contributed by atoms with E-state index in [-0.39, 0.29) is 11.7 Å². The normalized spacial score (nSPS) is 10.9. The fourth-order valence-electron chi connectivity index (χ4n) is 3.04. The van der Waals surface area contributed by atoms with Crippen molar-refractivity contribution in [2.45, 2.75) is 27.7 Å². The van der Waals surface area contributed by atoms with E-state index < -0.39 is 0 Å². The lowest BCUT2D eigenvalue weighted by molar-refractivity contribution is -0.115. The largest absolute Gasteiger partial charge is 0.493 e. The van der Waals surface area contributed by atoms with Gasteiger partial charge in [0.15, 0.2) is 10.9 Å². The molecule has 1 aromatic heterocycles. The Bertz CT molecular complexity index is 1100. The van der Waals surface area contributed by atoms with Crippen molar-refractivity contribution in [2.24, 2.45) is 0 Å². The fraction of sp³-hybridized carbons (Fsp3) is 0.208. The number of ketones is 1. The van der Waals surface area contributed by atoms with Crippen LogP contribution < -0.4 is 9.64 Å². The summed E-state index contributed by atoms with van der Waals surface area (Å²) < 4.78 is 5.53. The van der Waals surface area contributed by atoms with E-state index in [9.17, 15) is 9.59 Å². The summed E-state index contributed by atoms with van der Waals surface area (Å²) in [5.41, 5.74) is 4.08. The molecule has 0 saturated carbocycles. The number of amides is 1. The smallest absolute Gasteiger partial charge is 0.230 e. The van der Waals surface area contributed by atoms with Crippen LogP contribution in [-0.2, 0) is 4.79 Å². The number of anilines is 2. The van der Waals surface area contributed by atoms with E-state index in [4.69, 9.17) is 4.74 Å². The molecule has 3 aromatic rings. The number of para-hydroxylation sites is 1. The Morgan fingerprint density at radius 2 is 1.90 bits per heavy atom. The molecule has 0 spiro atoms. The number of carbonyl (C=O) groups excluding carboxylic acids is 2. The minimum Gasteiger partial charge on any atom is -0.493 e. The second-order valence-electron chi connectivity index (χ2n) is 6.76. The van der Waals surface area contributed by atoms with Gasteiger partial charge in [-0.3, -0.25) is 14.5 Å². The second-order valence-corrected chi connectivity index (χ2v) is 7.59. The quantitative estimate of drug-likeness (QED) is 0.361. The molecule has 30 heavy (non-hydrogen) atoms. The number of carbonyl (C=O) groups is 2. The molecule has 0 N–H and O–H groups in total. The Balaban J connectivity index is 1.86. The highest BCUT2D eigenvalue weighted by atomic mass is 32.1. The number of nitrogens with zero attached hydrogens (tertiary/aromatic N) is 2. The fourth-order valence-corrected chi connectivity index (χ4v) is 3.89. The molecule has 0 aliphatic carbocycles. The predicted molar refractivity (Wildman–Crippen MR) is 122 cm³/mol. The van der Waals surface area contributed by atoms with Gasteiger partial charge in [-0.15, -0.1) is 11.3 Å². The van der Waals surface area contributed by atoms with E-state index in [0.29, 0.717) is 28.7 Å². The van der Waals surface area contributed by atoms with E-state index >= 15 is 0 Å². The minimum absolute atomic E-state index is 0.115. The van der Waals surface area contributed by atoms with Gasteiger partial charge in [0.2, 0.25) is 5.91 Å². The molecule has 0 aliphatic heterocycles. The van der Waals surface area contributed by atoms with Crippen LogP contribution in [0.15, 0.2) is 53.9 Å². The molecule has 1 heterocycles. The Morgan fingerprint density at radius 1 is 1.13 bits per heavy atom. The summed E-state index contributed by atoms with van der Waals surface area (Å²) in [6.45, 7) is 7.89. The molecule has 2 aromatic carbocycles. The van der Waals surface area contributed by atoms with Gasteiger partial charge in [0, 0.05) is 12.3 Å². The Labute approximate surface area is 180 Å². The number of hydrogen-bond donors (Lipinski definition) is 0. The van der Waals surface area contributed by atoms with E-state index in [1.54, 1.807) is 29.2 Å². The summed E-state index contributed by atoms with van der Waals surface area (Å²) in [6.07, 6.45) is 3.14. The molecule has 0 fully saturated rings. The molecule has 6 heteroatoms. The van der Waals surface area contributed by atoms with Gasteiger partial charge < -0.3 is 4.74 Å². The molecular weight excluding hydrogens is 396 g/mol. The summed E-state index contributed by atoms with van der Waals surface area (Å²) in [5.74, 6) is 0.285. The lowest BCUT2D eigenvalue weighted by Gasteiger charge is -2.21. The molecule has 5 nitrogen and oxygen atoms in total. The van der Waals surface area contributed by atoms with Crippen LogP contribution in [0.4, 0.5) is 10.8 Å². The Morgan fingerprint density at radius 3 is 2.63 bits per heavy atom. The third kappa shape index (κ3) is 4.66. The standard InChI is InChI=1S/C24H24N2O3S/c1-5-29-23-12-7-6-10-20(23)22(28)14-13-19-15-30-24(25-19)26(18(4)27)21-11-8-9-16(2)17(21)3/h6-15H,5H2,1-4H3/b14-13+. The molecule has 154 valence electrons. The Hall–Kier alpha value is -3.25. The van der Waals surface area contributed by atoms with Crippen LogP contribution in [0.5, 0.6) is 5.75 Å². The number of hydrogen-bond acceptors (Lipinski definition) is 5. The summed E-state index contributed by atoms with van der Waals surface area (Å²) >= 11 is 1.36. The van der Waals surface area contributed by atoms with Gasteiger partial charge in [0.05, 0.1) is 23.6 Å². The van der Waals surface area contributed by atoms with Crippen LogP contribution in [0, 0.1) is 13.8 Å². The zero-order valence-corrected chi connectivity index (χ0v) is 18.3. The topological polar surface area (TPSA) is 59.5 Å². The van der Waals surface area contributed by atoms with Crippen molar-refractivity contribution in [2.75, 3.05) is 11.5 Å². The van der Waals surface area contributed by atoms with Gasteiger partial charge in [0.25, 0.3) is 0 Å². The predicted octanol–water partition coefficient (Wildman–Crippen LogP) is 5.74.